The van der Waals surface area contributed by atoms with Gasteiger partial charge in [-0.1, -0.05) is 0 Å². The molecule has 186 valence electrons. The second-order valence-electron chi connectivity index (χ2n) is 9.72. The minimum Gasteiger partial charge on any atom is -0.508 e. The van der Waals surface area contributed by atoms with Crippen molar-refractivity contribution in [3.8, 4) is 17.8 Å². The van der Waals surface area contributed by atoms with Crippen LogP contribution < -0.4 is 15.0 Å². The van der Waals surface area contributed by atoms with Crippen molar-refractivity contribution in [2.24, 2.45) is 0 Å². The molecule has 1 aromatic heterocycles. The number of benzene rings is 1. The Morgan fingerprint density at radius 1 is 1.29 bits per heavy atom. The predicted molar refractivity (Wildman–Crippen MR) is 128 cm³/mol. The molecule has 1 aromatic carbocycles. The van der Waals surface area contributed by atoms with Gasteiger partial charge in [-0.3, -0.25) is 4.90 Å². The normalized spacial score (nSPS) is 22.8. The van der Waals surface area contributed by atoms with E-state index < -0.39 is 0 Å². The van der Waals surface area contributed by atoms with Gasteiger partial charge >= 0.3 is 6.01 Å². The summed E-state index contributed by atoms with van der Waals surface area (Å²) < 4.78 is 20.5. The molecule has 35 heavy (non-hydrogen) atoms. The number of hydrogen-bond donors (Lipinski definition) is 2. The maximum atomic E-state index is 14.4. The average Bonchev–Trinajstić information content (AvgIpc) is 3.45. The summed E-state index contributed by atoms with van der Waals surface area (Å²) in [5.41, 5.74) is 2.36. The van der Waals surface area contributed by atoms with Crippen LogP contribution in [0.15, 0.2) is 18.2 Å². The van der Waals surface area contributed by atoms with Crippen LogP contribution in [-0.4, -0.2) is 76.8 Å². The number of nitriles is 1. The number of hydrogen-bond acceptors (Lipinski definition) is 9. The fourth-order valence-electron chi connectivity index (χ4n) is 5.27. The van der Waals surface area contributed by atoms with Crippen LogP contribution >= 0.6 is 0 Å². The number of phenols is 1. The van der Waals surface area contributed by atoms with Gasteiger partial charge in [-0.2, -0.15) is 15.2 Å². The smallest absolute Gasteiger partial charge is 0.318 e. The number of likely N-dealkylation sites (tertiary alicyclic amines) is 1. The lowest BCUT2D eigenvalue weighted by Gasteiger charge is -2.34. The highest BCUT2D eigenvalue weighted by atomic mass is 19.1. The van der Waals surface area contributed by atoms with E-state index in [4.69, 9.17) is 14.7 Å². The zero-order valence-corrected chi connectivity index (χ0v) is 20.1. The first-order valence-electron chi connectivity index (χ1n) is 12.3. The number of halogens is 1. The van der Waals surface area contributed by atoms with Crippen molar-refractivity contribution in [2.75, 3.05) is 44.7 Å². The third-order valence-corrected chi connectivity index (χ3v) is 7.20. The molecule has 0 unspecified atom stereocenters. The third kappa shape index (κ3) is 5.32. The van der Waals surface area contributed by atoms with Crippen LogP contribution in [0.3, 0.4) is 0 Å². The van der Waals surface area contributed by atoms with Crippen LogP contribution in [0.4, 0.5) is 10.2 Å². The zero-order valence-electron chi connectivity index (χ0n) is 20.1. The minimum absolute atomic E-state index is 0.0514. The summed E-state index contributed by atoms with van der Waals surface area (Å²) in [4.78, 5) is 16.2. The van der Waals surface area contributed by atoms with Gasteiger partial charge in [-0.15, -0.1) is 0 Å². The number of anilines is 1. The van der Waals surface area contributed by atoms with Crippen LogP contribution in [0.25, 0.3) is 0 Å². The molecule has 10 heteroatoms. The fraction of sp³-hybridized carbons (Fsp3) is 0.560. The first-order chi connectivity index (χ1) is 17.0. The van der Waals surface area contributed by atoms with E-state index in [2.05, 4.69) is 33.1 Å². The van der Waals surface area contributed by atoms with Gasteiger partial charge in [0.15, 0.2) is 0 Å². The first-order valence-corrected chi connectivity index (χ1v) is 12.3. The minimum atomic E-state index is -0.337. The van der Waals surface area contributed by atoms with Gasteiger partial charge in [-0.05, 0) is 44.6 Å². The topological polar surface area (TPSA) is 101 Å². The molecule has 0 bridgehead atoms. The summed E-state index contributed by atoms with van der Waals surface area (Å²) in [6.45, 7) is 5.34. The Morgan fingerprint density at radius 3 is 2.97 bits per heavy atom. The molecule has 0 aliphatic carbocycles. The molecule has 2 fully saturated rings. The number of phenolic OH excluding ortho intramolecular Hbond substituents is 1. The Balaban J connectivity index is 1.39. The van der Waals surface area contributed by atoms with Crippen LogP contribution in [0.2, 0.25) is 0 Å². The van der Waals surface area contributed by atoms with E-state index in [1.165, 1.54) is 24.6 Å². The van der Waals surface area contributed by atoms with Crippen molar-refractivity contribution in [1.82, 2.24) is 25.1 Å². The molecular formula is C25H32FN7O2. The Morgan fingerprint density at radius 2 is 2.17 bits per heavy atom. The predicted octanol–water partition coefficient (Wildman–Crippen LogP) is 2.00. The van der Waals surface area contributed by atoms with E-state index in [1.807, 2.05) is 0 Å². The Kier molecular flexibility index (Phi) is 7.00. The molecule has 2 aromatic rings. The van der Waals surface area contributed by atoms with Crippen molar-refractivity contribution < 1.29 is 14.2 Å². The highest BCUT2D eigenvalue weighted by molar-refractivity contribution is 5.52. The number of rotatable bonds is 7. The SMILES string of the molecule is CN1CCC[C@H]1COc1nc2c(c(N3CCN[C@@H](CC#N)C3)n1)CN(Cc1cc(O)ccc1F)C2. The van der Waals surface area contributed by atoms with Crippen molar-refractivity contribution in [1.29, 1.82) is 5.26 Å². The lowest BCUT2D eigenvalue weighted by molar-refractivity contribution is 0.187. The van der Waals surface area contributed by atoms with Gasteiger partial charge in [0.25, 0.3) is 0 Å². The average molecular weight is 482 g/mol. The molecule has 2 N–H and O–H groups in total. The molecule has 5 rings (SSSR count). The number of nitrogens with one attached hydrogen (secondary N) is 1. The van der Waals surface area contributed by atoms with E-state index in [1.54, 1.807) is 0 Å². The van der Waals surface area contributed by atoms with Crippen LogP contribution in [0.5, 0.6) is 11.8 Å². The fourth-order valence-corrected chi connectivity index (χ4v) is 5.27. The number of aromatic hydroxyl groups is 1. The summed E-state index contributed by atoms with van der Waals surface area (Å²) in [6, 6.07) is 7.19. The van der Waals surface area contributed by atoms with Crippen LogP contribution in [0, 0.1) is 17.1 Å². The summed E-state index contributed by atoms with van der Waals surface area (Å²) in [5.74, 6) is 0.555. The molecule has 0 spiro atoms. The second kappa shape index (κ2) is 10.3. The number of likely N-dealkylation sites (N-methyl/N-ethyl adjacent to an activating group) is 1. The molecule has 0 saturated carbocycles. The van der Waals surface area contributed by atoms with Crippen molar-refractivity contribution in [3.05, 3.63) is 40.8 Å². The van der Waals surface area contributed by atoms with Gasteiger partial charge in [0.1, 0.15) is 24.0 Å². The van der Waals surface area contributed by atoms with Gasteiger partial charge in [-0.25, -0.2) is 4.39 Å². The molecule has 3 aliphatic heterocycles. The van der Waals surface area contributed by atoms with Gasteiger partial charge < -0.3 is 25.0 Å². The zero-order chi connectivity index (χ0) is 24.4. The quantitative estimate of drug-likeness (QED) is 0.615. The van der Waals surface area contributed by atoms with Crippen molar-refractivity contribution in [2.45, 2.75) is 51.0 Å². The van der Waals surface area contributed by atoms with Crippen molar-refractivity contribution in [3.63, 3.8) is 0 Å². The summed E-state index contributed by atoms with van der Waals surface area (Å²) in [5, 5.41) is 22.4. The van der Waals surface area contributed by atoms with E-state index in [9.17, 15) is 14.8 Å². The maximum Gasteiger partial charge on any atom is 0.318 e. The highest BCUT2D eigenvalue weighted by Gasteiger charge is 2.31. The van der Waals surface area contributed by atoms with Crippen molar-refractivity contribution >= 4 is 5.82 Å². The monoisotopic (exact) mass is 481 g/mol. The van der Waals surface area contributed by atoms with Crippen LogP contribution in [0.1, 0.15) is 36.1 Å². The maximum absolute atomic E-state index is 14.4. The number of nitrogens with zero attached hydrogens (tertiary/aromatic N) is 6. The molecule has 2 atom stereocenters. The second-order valence-corrected chi connectivity index (χ2v) is 9.72. The molecule has 2 saturated heterocycles. The number of ether oxygens (including phenoxy) is 1. The number of piperazine rings is 1. The summed E-state index contributed by atoms with van der Waals surface area (Å²) >= 11 is 0. The van der Waals surface area contributed by atoms with E-state index in [-0.39, 0.29) is 17.6 Å². The Hall–Kier alpha value is -3.00. The number of fused-ring (bicyclic) bond motifs is 1. The standard InChI is InChI=1S/C25H32FN7O2/c1-31-9-2-3-19(31)16-35-25-29-23-15-32(12-17-11-20(34)4-5-22(17)26)14-21(23)24(30-25)33-10-8-28-18(13-33)6-7-27/h4-5,11,18-19,28,34H,2-3,6,8-10,12-16H2,1H3/t18-,19-/m0/s1. The van der Waals surface area contributed by atoms with Gasteiger partial charge in [0.2, 0.25) is 0 Å². The Labute approximate surface area is 205 Å². The number of aromatic nitrogens is 2. The lowest BCUT2D eigenvalue weighted by atomic mass is 10.1. The molecule has 0 radical (unpaired) electrons. The lowest BCUT2D eigenvalue weighted by Crippen LogP contribution is -2.51. The Bertz CT molecular complexity index is 1110. The molecular weight excluding hydrogens is 449 g/mol. The molecule has 3 aliphatic rings. The van der Waals surface area contributed by atoms with E-state index in [0.717, 1.165) is 43.1 Å². The highest BCUT2D eigenvalue weighted by Crippen LogP contribution is 2.33. The van der Waals surface area contributed by atoms with Crippen LogP contribution in [-0.2, 0) is 19.6 Å². The van der Waals surface area contributed by atoms with Gasteiger partial charge in [0.05, 0.1) is 18.2 Å². The van der Waals surface area contributed by atoms with E-state index in [0.29, 0.717) is 56.8 Å². The third-order valence-electron chi connectivity index (χ3n) is 7.20. The summed E-state index contributed by atoms with van der Waals surface area (Å²) in [7, 11) is 2.12. The van der Waals surface area contributed by atoms with E-state index >= 15 is 0 Å². The van der Waals surface area contributed by atoms with Gasteiger partial charge in [0, 0.05) is 62.5 Å². The summed E-state index contributed by atoms with van der Waals surface area (Å²) in [6.07, 6.45) is 2.71. The molecule has 4 heterocycles. The largest absolute Gasteiger partial charge is 0.508 e. The first kappa shape index (κ1) is 23.7. The molecule has 9 nitrogen and oxygen atoms in total. The molecule has 0 amide bonds.